The average molecular weight is 213 g/mol. The Balaban J connectivity index is 2.31. The van der Waals surface area contributed by atoms with Crippen molar-refractivity contribution in [2.45, 2.75) is 26.5 Å². The van der Waals surface area contributed by atoms with Crippen molar-refractivity contribution in [3.63, 3.8) is 0 Å². The lowest BCUT2D eigenvalue weighted by molar-refractivity contribution is 0.0644. The van der Waals surface area contributed by atoms with Gasteiger partial charge in [0.05, 0.1) is 18.4 Å². The minimum absolute atomic E-state index is 0.357. The number of methoxy groups -OCH3 is 1. The van der Waals surface area contributed by atoms with Gasteiger partial charge in [0.15, 0.2) is 0 Å². The number of hydrogen-bond acceptors (Lipinski definition) is 4. The number of nitrogens with zero attached hydrogens (tertiary/aromatic N) is 1. The second kappa shape index (κ2) is 5.85. The molecule has 1 rings (SSSR count). The van der Waals surface area contributed by atoms with Crippen LogP contribution < -0.4 is 5.32 Å². The molecule has 1 aromatic rings. The molecule has 0 aromatic carbocycles. The number of aryl methyl sites for hydroxylation is 2. The van der Waals surface area contributed by atoms with Crippen molar-refractivity contribution in [3.05, 3.63) is 17.0 Å². The molecule has 0 saturated heterocycles. The molecule has 0 radical (unpaired) electrons. The highest BCUT2D eigenvalue weighted by molar-refractivity contribution is 5.22. The zero-order chi connectivity index (χ0) is 11.3. The molecule has 0 bridgehead atoms. The van der Waals surface area contributed by atoms with Gasteiger partial charge in [0.25, 0.3) is 0 Å². The van der Waals surface area contributed by atoms with E-state index in [0.717, 1.165) is 17.9 Å². The van der Waals surface area contributed by atoms with Crippen LogP contribution >= 0.6 is 0 Å². The monoisotopic (exact) mass is 213 g/mol. The highest BCUT2D eigenvalue weighted by Crippen LogP contribution is 2.08. The molecule has 1 unspecified atom stereocenters. The van der Waals surface area contributed by atoms with E-state index in [1.807, 2.05) is 13.8 Å². The fourth-order valence-electron chi connectivity index (χ4n) is 1.45. The van der Waals surface area contributed by atoms with Gasteiger partial charge in [0.1, 0.15) is 0 Å². The van der Waals surface area contributed by atoms with Gasteiger partial charge in [-0.05, 0) is 13.8 Å². The number of hydrogen-bond donors (Lipinski definition) is 3. The van der Waals surface area contributed by atoms with Crippen LogP contribution in [0.3, 0.4) is 0 Å². The van der Waals surface area contributed by atoms with Crippen molar-refractivity contribution in [2.75, 3.05) is 20.3 Å². The molecule has 0 amide bonds. The van der Waals surface area contributed by atoms with Crippen LogP contribution in [0.5, 0.6) is 0 Å². The predicted octanol–water partition coefficient (Wildman–Crippen LogP) is 0.123. The van der Waals surface area contributed by atoms with E-state index < -0.39 is 6.10 Å². The zero-order valence-corrected chi connectivity index (χ0v) is 9.50. The van der Waals surface area contributed by atoms with Crippen LogP contribution in [0.1, 0.15) is 17.0 Å². The Morgan fingerprint density at radius 2 is 2.27 bits per heavy atom. The lowest BCUT2D eigenvalue weighted by Crippen LogP contribution is -2.29. The van der Waals surface area contributed by atoms with Crippen LogP contribution in [0.4, 0.5) is 0 Å². The summed E-state index contributed by atoms with van der Waals surface area (Å²) in [7, 11) is 1.58. The van der Waals surface area contributed by atoms with E-state index in [4.69, 9.17) is 4.74 Å². The normalized spacial score (nSPS) is 13.1. The molecule has 5 heteroatoms. The van der Waals surface area contributed by atoms with Gasteiger partial charge in [0, 0.05) is 31.5 Å². The van der Waals surface area contributed by atoms with Crippen molar-refractivity contribution in [3.8, 4) is 0 Å². The highest BCUT2D eigenvalue weighted by Gasteiger charge is 2.07. The fraction of sp³-hybridized carbons (Fsp3) is 0.700. The molecule has 0 aliphatic rings. The number of nitrogens with one attached hydrogen (secondary N) is 2. The van der Waals surface area contributed by atoms with Crippen LogP contribution in [0.15, 0.2) is 0 Å². The number of aliphatic hydroxyl groups excluding tert-OH is 1. The Morgan fingerprint density at radius 3 is 2.80 bits per heavy atom. The molecule has 0 spiro atoms. The van der Waals surface area contributed by atoms with E-state index in [9.17, 15) is 5.11 Å². The fourth-order valence-corrected chi connectivity index (χ4v) is 1.45. The summed E-state index contributed by atoms with van der Waals surface area (Å²) >= 11 is 0. The van der Waals surface area contributed by atoms with Gasteiger partial charge < -0.3 is 15.2 Å². The smallest absolute Gasteiger partial charge is 0.0897 e. The quantitative estimate of drug-likeness (QED) is 0.628. The maximum Gasteiger partial charge on any atom is 0.0897 e. The lowest BCUT2D eigenvalue weighted by Gasteiger charge is -2.10. The third-order valence-corrected chi connectivity index (χ3v) is 2.32. The minimum Gasteiger partial charge on any atom is -0.389 e. The second-order valence-corrected chi connectivity index (χ2v) is 3.65. The van der Waals surface area contributed by atoms with Crippen molar-refractivity contribution in [2.24, 2.45) is 0 Å². The summed E-state index contributed by atoms with van der Waals surface area (Å²) in [6.07, 6.45) is -0.456. The molecule has 15 heavy (non-hydrogen) atoms. The van der Waals surface area contributed by atoms with Gasteiger partial charge in [0.2, 0.25) is 0 Å². The molecule has 1 heterocycles. The van der Waals surface area contributed by atoms with Gasteiger partial charge in [-0.25, -0.2) is 0 Å². The topological polar surface area (TPSA) is 70.2 Å². The highest BCUT2D eigenvalue weighted by atomic mass is 16.5. The number of aromatic nitrogens is 2. The summed E-state index contributed by atoms with van der Waals surface area (Å²) in [6.45, 7) is 5.55. The molecule has 0 aliphatic carbocycles. The van der Waals surface area contributed by atoms with Crippen molar-refractivity contribution >= 4 is 0 Å². The Morgan fingerprint density at radius 1 is 1.53 bits per heavy atom. The van der Waals surface area contributed by atoms with Crippen LogP contribution in [0, 0.1) is 13.8 Å². The van der Waals surface area contributed by atoms with E-state index in [1.54, 1.807) is 7.11 Å². The number of rotatable bonds is 6. The van der Waals surface area contributed by atoms with Crippen LogP contribution in [-0.4, -0.2) is 41.7 Å². The van der Waals surface area contributed by atoms with Crippen LogP contribution in [0.25, 0.3) is 0 Å². The minimum atomic E-state index is -0.456. The molecule has 1 atom stereocenters. The lowest BCUT2D eigenvalue weighted by atomic mass is 10.2. The number of aliphatic hydroxyl groups is 1. The molecular formula is C10H19N3O2. The summed E-state index contributed by atoms with van der Waals surface area (Å²) in [5.74, 6) is 0. The van der Waals surface area contributed by atoms with Gasteiger partial charge >= 0.3 is 0 Å². The molecular weight excluding hydrogens is 194 g/mol. The van der Waals surface area contributed by atoms with E-state index in [-0.39, 0.29) is 0 Å². The van der Waals surface area contributed by atoms with Crippen molar-refractivity contribution < 1.29 is 9.84 Å². The largest absolute Gasteiger partial charge is 0.389 e. The van der Waals surface area contributed by atoms with Crippen molar-refractivity contribution in [1.29, 1.82) is 0 Å². The molecule has 0 saturated carbocycles. The van der Waals surface area contributed by atoms with E-state index in [1.165, 1.54) is 5.56 Å². The first-order valence-corrected chi connectivity index (χ1v) is 5.03. The number of aromatic amines is 1. The number of ether oxygens (including phenoxy) is 1. The van der Waals surface area contributed by atoms with E-state index in [2.05, 4.69) is 15.5 Å². The average Bonchev–Trinajstić information content (AvgIpc) is 2.49. The Hall–Kier alpha value is -0.910. The summed E-state index contributed by atoms with van der Waals surface area (Å²) in [4.78, 5) is 0. The first kappa shape index (κ1) is 12.2. The van der Waals surface area contributed by atoms with Gasteiger partial charge in [-0.1, -0.05) is 0 Å². The molecule has 0 fully saturated rings. The van der Waals surface area contributed by atoms with Crippen LogP contribution in [0.2, 0.25) is 0 Å². The summed E-state index contributed by atoms with van der Waals surface area (Å²) in [5.41, 5.74) is 3.24. The first-order chi connectivity index (χ1) is 7.15. The molecule has 5 nitrogen and oxygen atoms in total. The maximum absolute atomic E-state index is 9.41. The molecule has 86 valence electrons. The zero-order valence-electron chi connectivity index (χ0n) is 9.50. The van der Waals surface area contributed by atoms with Crippen LogP contribution in [-0.2, 0) is 11.3 Å². The Kier molecular flexibility index (Phi) is 4.74. The Labute approximate surface area is 89.8 Å². The molecule has 1 aromatic heterocycles. The standard InChI is InChI=1S/C10H19N3O2/c1-7-10(8(2)13-12-7)5-11-4-9(14)6-15-3/h9,11,14H,4-6H2,1-3H3,(H,12,13). The SMILES string of the molecule is COCC(O)CNCc1c(C)n[nH]c1C. The predicted molar refractivity (Wildman–Crippen MR) is 57.7 cm³/mol. The van der Waals surface area contributed by atoms with Gasteiger partial charge in [-0.3, -0.25) is 5.10 Å². The van der Waals surface area contributed by atoms with Gasteiger partial charge in [-0.2, -0.15) is 5.10 Å². The van der Waals surface area contributed by atoms with E-state index >= 15 is 0 Å². The van der Waals surface area contributed by atoms with Gasteiger partial charge in [-0.15, -0.1) is 0 Å². The summed E-state index contributed by atoms with van der Waals surface area (Å²) < 4.78 is 4.83. The third-order valence-electron chi connectivity index (χ3n) is 2.32. The molecule has 3 N–H and O–H groups in total. The maximum atomic E-state index is 9.41. The number of H-pyrrole nitrogens is 1. The van der Waals surface area contributed by atoms with Crippen molar-refractivity contribution in [1.82, 2.24) is 15.5 Å². The third kappa shape index (κ3) is 3.62. The molecule has 0 aliphatic heterocycles. The van der Waals surface area contributed by atoms with E-state index in [0.29, 0.717) is 13.2 Å². The Bertz CT molecular complexity index is 279. The summed E-state index contributed by atoms with van der Waals surface area (Å²) in [5, 5.41) is 19.6. The summed E-state index contributed by atoms with van der Waals surface area (Å²) in [6, 6.07) is 0. The first-order valence-electron chi connectivity index (χ1n) is 5.03. The second-order valence-electron chi connectivity index (χ2n) is 3.65.